The van der Waals surface area contributed by atoms with Crippen LogP contribution >= 0.6 is 15.9 Å². The number of nitrogens with one attached hydrogen (secondary N) is 1. The SMILES string of the molecule is CC[C@H](C(=O)NC)N(Cc1ccccc1)C(=O)CN(c1cccc(Br)c1)S(=O)(=O)c1ccc(C)cc1. The number of nitrogens with zero attached hydrogens (tertiary/aromatic N) is 2. The van der Waals surface area contributed by atoms with Gasteiger partial charge in [0.15, 0.2) is 0 Å². The Labute approximate surface area is 221 Å². The fraction of sp³-hybridized carbons (Fsp3) is 0.259. The highest BCUT2D eigenvalue weighted by atomic mass is 79.9. The quantitative estimate of drug-likeness (QED) is 0.388. The minimum Gasteiger partial charge on any atom is -0.357 e. The molecule has 0 aliphatic rings. The second-order valence-electron chi connectivity index (χ2n) is 8.35. The fourth-order valence-corrected chi connectivity index (χ4v) is 5.66. The van der Waals surface area contributed by atoms with Gasteiger partial charge in [-0.25, -0.2) is 8.42 Å². The highest BCUT2D eigenvalue weighted by Gasteiger charge is 2.33. The summed E-state index contributed by atoms with van der Waals surface area (Å²) in [5.74, 6) is -0.790. The van der Waals surface area contributed by atoms with Crippen LogP contribution < -0.4 is 9.62 Å². The van der Waals surface area contributed by atoms with Gasteiger partial charge in [-0.3, -0.25) is 13.9 Å². The summed E-state index contributed by atoms with van der Waals surface area (Å²) in [6.07, 6.45) is 0.375. The third-order valence-electron chi connectivity index (χ3n) is 5.81. The number of sulfonamides is 1. The fourth-order valence-electron chi connectivity index (χ4n) is 3.86. The maximum atomic E-state index is 13.8. The standard InChI is InChI=1S/C27H30BrN3O4S/c1-4-25(27(33)29-3)30(18-21-9-6-5-7-10-21)26(32)19-31(23-12-8-11-22(28)17-23)36(34,35)24-15-13-20(2)14-16-24/h5-17,25H,4,18-19H2,1-3H3,(H,29,33)/t25-/m1/s1. The van der Waals surface area contributed by atoms with Crippen LogP contribution in [0.5, 0.6) is 0 Å². The second-order valence-corrected chi connectivity index (χ2v) is 11.1. The summed E-state index contributed by atoms with van der Waals surface area (Å²) in [5, 5.41) is 2.62. The van der Waals surface area contributed by atoms with Crippen molar-refractivity contribution < 1.29 is 18.0 Å². The third kappa shape index (κ3) is 6.53. The molecule has 7 nitrogen and oxygen atoms in total. The van der Waals surface area contributed by atoms with E-state index in [2.05, 4.69) is 21.2 Å². The molecule has 9 heteroatoms. The average Bonchev–Trinajstić information content (AvgIpc) is 2.87. The molecule has 0 saturated heterocycles. The largest absolute Gasteiger partial charge is 0.357 e. The number of anilines is 1. The summed E-state index contributed by atoms with van der Waals surface area (Å²) in [7, 11) is -2.56. The molecule has 36 heavy (non-hydrogen) atoms. The lowest BCUT2D eigenvalue weighted by Crippen LogP contribution is -2.51. The van der Waals surface area contributed by atoms with Crippen LogP contribution in [0.25, 0.3) is 0 Å². The van der Waals surface area contributed by atoms with E-state index in [1.54, 1.807) is 36.4 Å². The van der Waals surface area contributed by atoms with Crippen LogP contribution in [-0.4, -0.2) is 44.8 Å². The molecule has 0 saturated carbocycles. The Balaban J connectivity index is 2.05. The first kappa shape index (κ1) is 27.4. The monoisotopic (exact) mass is 571 g/mol. The van der Waals surface area contributed by atoms with Crippen molar-refractivity contribution in [2.45, 2.75) is 37.8 Å². The molecule has 3 aromatic carbocycles. The van der Waals surface area contributed by atoms with Gasteiger partial charge in [-0.15, -0.1) is 0 Å². The van der Waals surface area contributed by atoms with E-state index in [9.17, 15) is 18.0 Å². The van der Waals surface area contributed by atoms with Gasteiger partial charge in [0.1, 0.15) is 12.6 Å². The van der Waals surface area contributed by atoms with Gasteiger partial charge < -0.3 is 10.2 Å². The molecule has 2 amide bonds. The number of likely N-dealkylation sites (N-methyl/N-ethyl adjacent to an activating group) is 1. The molecular weight excluding hydrogens is 542 g/mol. The van der Waals surface area contributed by atoms with Crippen LogP contribution in [0.2, 0.25) is 0 Å². The van der Waals surface area contributed by atoms with Crippen LogP contribution in [0.3, 0.4) is 0 Å². The van der Waals surface area contributed by atoms with Crippen molar-refractivity contribution in [3.05, 3.63) is 94.5 Å². The number of halogens is 1. The van der Waals surface area contributed by atoms with E-state index in [0.29, 0.717) is 16.6 Å². The molecule has 0 bridgehead atoms. The topological polar surface area (TPSA) is 86.8 Å². The highest BCUT2D eigenvalue weighted by Crippen LogP contribution is 2.27. The Kier molecular flexibility index (Phi) is 9.28. The Morgan fingerprint density at radius 3 is 2.22 bits per heavy atom. The lowest BCUT2D eigenvalue weighted by atomic mass is 10.1. The molecule has 1 atom stereocenters. The predicted molar refractivity (Wildman–Crippen MR) is 145 cm³/mol. The number of hydrogen-bond donors (Lipinski definition) is 1. The first-order chi connectivity index (χ1) is 17.2. The van der Waals surface area contributed by atoms with Crippen molar-refractivity contribution >= 4 is 43.5 Å². The lowest BCUT2D eigenvalue weighted by molar-refractivity contribution is -0.140. The number of rotatable bonds is 10. The summed E-state index contributed by atoms with van der Waals surface area (Å²) in [6.45, 7) is 3.40. The summed E-state index contributed by atoms with van der Waals surface area (Å²) in [5.41, 5.74) is 2.10. The Bertz CT molecular complexity index is 1300. The van der Waals surface area contributed by atoms with Crippen LogP contribution in [0.4, 0.5) is 5.69 Å². The number of carbonyl (C=O) groups excluding carboxylic acids is 2. The van der Waals surface area contributed by atoms with Gasteiger partial charge in [0.25, 0.3) is 10.0 Å². The van der Waals surface area contributed by atoms with E-state index in [0.717, 1.165) is 15.4 Å². The zero-order valence-electron chi connectivity index (χ0n) is 20.5. The van der Waals surface area contributed by atoms with Gasteiger partial charge in [-0.2, -0.15) is 0 Å². The zero-order chi connectivity index (χ0) is 26.3. The highest BCUT2D eigenvalue weighted by molar-refractivity contribution is 9.10. The number of benzene rings is 3. The van der Waals surface area contributed by atoms with Crippen molar-refractivity contribution in [3.63, 3.8) is 0 Å². The zero-order valence-corrected chi connectivity index (χ0v) is 22.9. The van der Waals surface area contributed by atoms with Gasteiger partial charge in [-0.05, 0) is 49.2 Å². The van der Waals surface area contributed by atoms with Gasteiger partial charge in [0.05, 0.1) is 10.6 Å². The van der Waals surface area contributed by atoms with Gasteiger partial charge in [-0.1, -0.05) is 76.9 Å². The van der Waals surface area contributed by atoms with Crippen LogP contribution in [0, 0.1) is 6.92 Å². The molecule has 0 unspecified atom stereocenters. The van der Waals surface area contributed by atoms with Crippen molar-refractivity contribution in [3.8, 4) is 0 Å². The van der Waals surface area contributed by atoms with Crippen LogP contribution in [0.1, 0.15) is 24.5 Å². The molecular formula is C27H30BrN3O4S. The molecule has 0 heterocycles. The van der Waals surface area contributed by atoms with Gasteiger partial charge in [0.2, 0.25) is 11.8 Å². The lowest BCUT2D eigenvalue weighted by Gasteiger charge is -2.33. The summed E-state index contributed by atoms with van der Waals surface area (Å²) < 4.78 is 29.3. The van der Waals surface area contributed by atoms with E-state index in [1.807, 2.05) is 44.2 Å². The number of amides is 2. The predicted octanol–water partition coefficient (Wildman–Crippen LogP) is 4.51. The minimum atomic E-state index is -4.08. The summed E-state index contributed by atoms with van der Waals surface area (Å²) >= 11 is 3.40. The molecule has 0 aliphatic heterocycles. The summed E-state index contributed by atoms with van der Waals surface area (Å²) in [4.78, 5) is 28.0. The van der Waals surface area contributed by atoms with E-state index < -0.39 is 28.5 Å². The average molecular weight is 573 g/mol. The number of hydrogen-bond acceptors (Lipinski definition) is 4. The number of carbonyl (C=O) groups is 2. The Hall–Kier alpha value is -3.17. The Morgan fingerprint density at radius 1 is 0.972 bits per heavy atom. The Morgan fingerprint density at radius 2 is 1.64 bits per heavy atom. The van der Waals surface area contributed by atoms with Crippen molar-refractivity contribution in [1.29, 1.82) is 0 Å². The molecule has 0 aliphatic carbocycles. The molecule has 0 spiro atoms. The first-order valence-electron chi connectivity index (χ1n) is 11.6. The van der Waals surface area contributed by atoms with Crippen molar-refractivity contribution in [2.24, 2.45) is 0 Å². The van der Waals surface area contributed by atoms with E-state index in [4.69, 9.17) is 0 Å². The van der Waals surface area contributed by atoms with Crippen molar-refractivity contribution in [2.75, 3.05) is 17.9 Å². The van der Waals surface area contributed by atoms with Crippen molar-refractivity contribution in [1.82, 2.24) is 10.2 Å². The molecule has 190 valence electrons. The maximum Gasteiger partial charge on any atom is 0.264 e. The van der Waals surface area contributed by atoms with E-state index in [-0.39, 0.29) is 17.3 Å². The summed E-state index contributed by atoms with van der Waals surface area (Å²) in [6, 6.07) is 21.8. The molecule has 3 aromatic rings. The molecule has 3 rings (SSSR count). The molecule has 1 N–H and O–H groups in total. The molecule has 0 radical (unpaired) electrons. The number of aryl methyl sites for hydroxylation is 1. The smallest absolute Gasteiger partial charge is 0.264 e. The van der Waals surface area contributed by atoms with E-state index >= 15 is 0 Å². The maximum absolute atomic E-state index is 13.8. The molecule has 0 fully saturated rings. The minimum absolute atomic E-state index is 0.0776. The molecule has 0 aromatic heterocycles. The van der Waals surface area contributed by atoms with Gasteiger partial charge in [0, 0.05) is 18.1 Å². The van der Waals surface area contributed by atoms with Gasteiger partial charge >= 0.3 is 0 Å². The third-order valence-corrected chi connectivity index (χ3v) is 8.09. The van der Waals surface area contributed by atoms with Crippen LogP contribution in [0.15, 0.2) is 88.2 Å². The second kappa shape index (κ2) is 12.2. The van der Waals surface area contributed by atoms with Crippen LogP contribution in [-0.2, 0) is 26.2 Å². The first-order valence-corrected chi connectivity index (χ1v) is 13.8. The van der Waals surface area contributed by atoms with E-state index in [1.165, 1.54) is 24.1 Å². The normalized spacial score (nSPS) is 12.0.